The largest absolute Gasteiger partial charge is 0.371 e. The normalized spacial score (nSPS) is 18.7. The molecule has 1 saturated heterocycles. The highest BCUT2D eigenvalue weighted by Crippen LogP contribution is 2.21. The molecule has 1 N–H and O–H groups in total. The van der Waals surface area contributed by atoms with Gasteiger partial charge in [0.05, 0.1) is 17.6 Å². The molecule has 0 unspecified atom stereocenters. The Hall–Kier alpha value is -1.69. The molecule has 0 bridgehead atoms. The predicted octanol–water partition coefficient (Wildman–Crippen LogP) is 2.94. The van der Waals surface area contributed by atoms with Gasteiger partial charge in [-0.25, -0.2) is 0 Å². The number of ether oxygens (including phenoxy) is 1. The van der Waals surface area contributed by atoms with Crippen LogP contribution in [-0.2, 0) is 4.74 Å². The van der Waals surface area contributed by atoms with Crippen LogP contribution in [0.15, 0.2) is 47.8 Å². The molecule has 0 aliphatic carbocycles. The van der Waals surface area contributed by atoms with Crippen LogP contribution in [0.4, 0.5) is 0 Å². The zero-order valence-corrected chi connectivity index (χ0v) is 13.9. The van der Waals surface area contributed by atoms with Crippen molar-refractivity contribution in [1.29, 1.82) is 0 Å². The van der Waals surface area contributed by atoms with Crippen LogP contribution in [0, 0.1) is 0 Å². The molecule has 0 saturated carbocycles. The highest BCUT2D eigenvalue weighted by atomic mass is 32.1. The van der Waals surface area contributed by atoms with Gasteiger partial charge in [0.2, 0.25) is 0 Å². The first-order valence-corrected chi connectivity index (χ1v) is 8.91. The number of nitrogens with zero attached hydrogens (tertiary/aromatic N) is 1. The van der Waals surface area contributed by atoms with Gasteiger partial charge in [-0.15, -0.1) is 11.3 Å². The molecule has 3 rings (SSSR count). The van der Waals surface area contributed by atoms with Gasteiger partial charge < -0.3 is 10.1 Å². The van der Waals surface area contributed by atoms with Gasteiger partial charge in [-0.05, 0) is 23.4 Å². The second kappa shape index (κ2) is 8.24. The number of hydrogen-bond acceptors (Lipinski definition) is 4. The molecule has 1 atom stereocenters. The summed E-state index contributed by atoms with van der Waals surface area (Å²) in [5.74, 6) is 0.0316. The molecule has 2 aromatic rings. The molecule has 1 amide bonds. The minimum Gasteiger partial charge on any atom is -0.371 e. The number of hydrogen-bond donors (Lipinski definition) is 1. The van der Waals surface area contributed by atoms with E-state index in [1.54, 1.807) is 0 Å². The maximum absolute atomic E-state index is 11.9. The first-order valence-electron chi connectivity index (χ1n) is 8.03. The van der Waals surface area contributed by atoms with Gasteiger partial charge in [0.15, 0.2) is 0 Å². The summed E-state index contributed by atoms with van der Waals surface area (Å²) in [5, 5.41) is 4.90. The fraction of sp³-hybridized carbons (Fsp3) is 0.389. The average Bonchev–Trinajstić information content (AvgIpc) is 3.14. The van der Waals surface area contributed by atoms with E-state index in [1.807, 2.05) is 23.6 Å². The van der Waals surface area contributed by atoms with Crippen molar-refractivity contribution in [3.8, 4) is 0 Å². The van der Waals surface area contributed by atoms with Crippen LogP contribution in [0.5, 0.6) is 0 Å². The Kier molecular flexibility index (Phi) is 5.80. The summed E-state index contributed by atoms with van der Waals surface area (Å²) < 4.78 is 5.88. The van der Waals surface area contributed by atoms with Crippen LogP contribution in [-0.4, -0.2) is 43.6 Å². The Balaban J connectivity index is 1.39. The molecule has 5 heteroatoms. The predicted molar refractivity (Wildman–Crippen MR) is 92.8 cm³/mol. The molecule has 0 spiro atoms. The zero-order chi connectivity index (χ0) is 15.9. The number of benzene rings is 1. The lowest BCUT2D eigenvalue weighted by Gasteiger charge is -2.33. The van der Waals surface area contributed by atoms with E-state index in [4.69, 9.17) is 4.74 Å². The van der Waals surface area contributed by atoms with Crippen LogP contribution in [0.1, 0.15) is 27.8 Å². The van der Waals surface area contributed by atoms with Crippen molar-refractivity contribution in [1.82, 2.24) is 10.2 Å². The fourth-order valence-electron chi connectivity index (χ4n) is 2.77. The molecule has 1 aromatic carbocycles. The van der Waals surface area contributed by atoms with Gasteiger partial charge in [-0.1, -0.05) is 36.4 Å². The van der Waals surface area contributed by atoms with Crippen molar-refractivity contribution in [3.63, 3.8) is 0 Å². The summed E-state index contributed by atoms with van der Waals surface area (Å²) in [7, 11) is 0. The van der Waals surface area contributed by atoms with E-state index in [9.17, 15) is 4.79 Å². The Bertz CT molecular complexity index is 601. The van der Waals surface area contributed by atoms with Crippen LogP contribution < -0.4 is 5.32 Å². The molecule has 122 valence electrons. The molecule has 2 heterocycles. The number of rotatable bonds is 6. The number of nitrogens with one attached hydrogen (secondary N) is 1. The number of carbonyl (C=O) groups excluding carboxylic acids is 1. The summed E-state index contributed by atoms with van der Waals surface area (Å²) in [6, 6.07) is 14.1. The lowest BCUT2D eigenvalue weighted by molar-refractivity contribution is -0.0301. The van der Waals surface area contributed by atoms with Gasteiger partial charge in [-0.3, -0.25) is 9.69 Å². The maximum Gasteiger partial charge on any atom is 0.261 e. The first kappa shape index (κ1) is 16.2. The number of amides is 1. The van der Waals surface area contributed by atoms with Crippen molar-refractivity contribution < 1.29 is 9.53 Å². The lowest BCUT2D eigenvalue weighted by Crippen LogP contribution is -2.39. The van der Waals surface area contributed by atoms with Crippen LogP contribution in [0.25, 0.3) is 0 Å². The number of thiophene rings is 1. The smallest absolute Gasteiger partial charge is 0.261 e. The van der Waals surface area contributed by atoms with E-state index >= 15 is 0 Å². The molecular formula is C18H22N2O2S. The summed E-state index contributed by atoms with van der Waals surface area (Å²) >= 11 is 1.48. The molecule has 1 fully saturated rings. The van der Waals surface area contributed by atoms with E-state index in [0.29, 0.717) is 6.54 Å². The maximum atomic E-state index is 11.9. The lowest BCUT2D eigenvalue weighted by atomic mass is 10.1. The standard InChI is InChI=1S/C18H22N2O2S/c21-18(17-8-4-13-23-17)19-9-5-10-20-11-12-22-16(14-20)15-6-2-1-3-7-15/h1-4,6-8,13,16H,5,9-12,14H2,(H,19,21)/t16-/m0/s1. The third kappa shape index (κ3) is 4.64. The monoisotopic (exact) mass is 330 g/mol. The van der Waals surface area contributed by atoms with Gasteiger partial charge >= 0.3 is 0 Å². The molecule has 1 aliphatic heterocycles. The zero-order valence-electron chi connectivity index (χ0n) is 13.1. The SMILES string of the molecule is O=C(NCCCN1CCO[C@H](c2ccccc2)C1)c1cccs1. The van der Waals surface area contributed by atoms with E-state index < -0.39 is 0 Å². The van der Waals surface area contributed by atoms with E-state index in [-0.39, 0.29) is 12.0 Å². The Labute approximate surface area is 141 Å². The average molecular weight is 330 g/mol. The molecular weight excluding hydrogens is 308 g/mol. The molecule has 4 nitrogen and oxygen atoms in total. The van der Waals surface area contributed by atoms with Gasteiger partial charge in [-0.2, -0.15) is 0 Å². The summed E-state index contributed by atoms with van der Waals surface area (Å²) in [6.45, 7) is 4.34. The highest BCUT2D eigenvalue weighted by Gasteiger charge is 2.21. The molecule has 1 aromatic heterocycles. The third-order valence-corrected chi connectivity index (χ3v) is 4.87. The topological polar surface area (TPSA) is 41.6 Å². The Morgan fingerprint density at radius 3 is 2.91 bits per heavy atom. The number of morpholine rings is 1. The third-order valence-electron chi connectivity index (χ3n) is 4.00. The molecule has 23 heavy (non-hydrogen) atoms. The van der Waals surface area contributed by atoms with Crippen molar-refractivity contribution in [3.05, 3.63) is 58.3 Å². The van der Waals surface area contributed by atoms with Crippen LogP contribution in [0.2, 0.25) is 0 Å². The van der Waals surface area contributed by atoms with E-state index in [0.717, 1.165) is 37.5 Å². The van der Waals surface area contributed by atoms with Crippen molar-refractivity contribution in [2.45, 2.75) is 12.5 Å². The Morgan fingerprint density at radius 1 is 1.26 bits per heavy atom. The van der Waals surface area contributed by atoms with E-state index in [2.05, 4.69) is 34.5 Å². The summed E-state index contributed by atoms with van der Waals surface area (Å²) in [5.41, 5.74) is 1.24. The summed E-state index contributed by atoms with van der Waals surface area (Å²) in [6.07, 6.45) is 1.11. The highest BCUT2D eigenvalue weighted by molar-refractivity contribution is 7.12. The fourth-order valence-corrected chi connectivity index (χ4v) is 3.41. The summed E-state index contributed by atoms with van der Waals surface area (Å²) in [4.78, 5) is 15.1. The van der Waals surface area contributed by atoms with Crippen molar-refractivity contribution in [2.75, 3.05) is 32.8 Å². The van der Waals surface area contributed by atoms with Crippen molar-refractivity contribution >= 4 is 17.2 Å². The second-order valence-corrected chi connectivity index (χ2v) is 6.61. The first-order chi connectivity index (χ1) is 11.3. The quantitative estimate of drug-likeness (QED) is 0.828. The van der Waals surface area contributed by atoms with Gasteiger partial charge in [0.1, 0.15) is 0 Å². The van der Waals surface area contributed by atoms with E-state index in [1.165, 1.54) is 16.9 Å². The van der Waals surface area contributed by atoms with Crippen LogP contribution >= 0.6 is 11.3 Å². The molecule has 0 radical (unpaired) electrons. The second-order valence-electron chi connectivity index (χ2n) is 5.66. The molecule has 1 aliphatic rings. The number of carbonyl (C=O) groups is 1. The minimum atomic E-state index is 0.0316. The van der Waals surface area contributed by atoms with Crippen molar-refractivity contribution in [2.24, 2.45) is 0 Å². The van der Waals surface area contributed by atoms with Gasteiger partial charge in [0, 0.05) is 26.2 Å². The van der Waals surface area contributed by atoms with Gasteiger partial charge in [0.25, 0.3) is 5.91 Å². The Morgan fingerprint density at radius 2 is 2.13 bits per heavy atom. The van der Waals surface area contributed by atoms with Crippen LogP contribution in [0.3, 0.4) is 0 Å². The minimum absolute atomic E-state index is 0.0316.